The normalized spacial score (nSPS) is 11.0. The summed E-state index contributed by atoms with van der Waals surface area (Å²) < 4.78 is 5.50. The number of nitrogens with zero attached hydrogens (tertiary/aromatic N) is 3. The molecular weight excluding hydrogens is 230 g/mol. The molecule has 6 heteroatoms. The van der Waals surface area contributed by atoms with Crippen LogP contribution < -0.4 is 5.32 Å². The van der Waals surface area contributed by atoms with E-state index in [1.807, 2.05) is 26.0 Å². The Labute approximate surface area is 103 Å². The molecule has 3 heterocycles. The molecule has 0 aliphatic carbocycles. The van der Waals surface area contributed by atoms with Crippen LogP contribution in [0.25, 0.3) is 11.0 Å². The van der Waals surface area contributed by atoms with Crippen LogP contribution in [0.3, 0.4) is 0 Å². The lowest BCUT2D eigenvalue weighted by molar-refractivity contribution is 0.490. The largest absolute Gasteiger partial charge is 0.465 e. The van der Waals surface area contributed by atoms with Crippen LogP contribution in [-0.4, -0.2) is 20.2 Å². The van der Waals surface area contributed by atoms with E-state index in [-0.39, 0.29) is 0 Å². The second-order valence-electron chi connectivity index (χ2n) is 4.12. The minimum absolute atomic E-state index is 0.588. The predicted molar refractivity (Wildman–Crippen MR) is 67.2 cm³/mol. The Kier molecular flexibility index (Phi) is 2.47. The summed E-state index contributed by atoms with van der Waals surface area (Å²) in [7, 11) is 0. The first kappa shape index (κ1) is 10.8. The zero-order valence-electron chi connectivity index (χ0n) is 10.2. The fourth-order valence-corrected chi connectivity index (χ4v) is 1.83. The number of aromatic amines is 1. The lowest BCUT2D eigenvalue weighted by atomic mass is 10.3. The highest BCUT2D eigenvalue weighted by atomic mass is 16.3. The van der Waals surface area contributed by atoms with Gasteiger partial charge in [0.25, 0.3) is 0 Å². The van der Waals surface area contributed by atoms with Gasteiger partial charge in [-0.3, -0.25) is 5.10 Å². The summed E-state index contributed by atoms with van der Waals surface area (Å²) >= 11 is 0. The van der Waals surface area contributed by atoms with Crippen molar-refractivity contribution in [2.45, 2.75) is 20.4 Å². The number of aromatic nitrogens is 4. The monoisotopic (exact) mass is 243 g/mol. The summed E-state index contributed by atoms with van der Waals surface area (Å²) in [5.41, 5.74) is 0.737. The van der Waals surface area contributed by atoms with Gasteiger partial charge in [-0.05, 0) is 26.0 Å². The van der Waals surface area contributed by atoms with Gasteiger partial charge in [-0.25, -0.2) is 9.97 Å². The fourth-order valence-electron chi connectivity index (χ4n) is 1.83. The Hall–Kier alpha value is -2.37. The van der Waals surface area contributed by atoms with Crippen LogP contribution in [-0.2, 0) is 6.54 Å². The van der Waals surface area contributed by atoms with E-state index in [0.29, 0.717) is 12.4 Å². The molecule has 0 atom stereocenters. The van der Waals surface area contributed by atoms with Crippen molar-refractivity contribution in [3.63, 3.8) is 0 Å². The molecule has 0 bridgehead atoms. The molecule has 18 heavy (non-hydrogen) atoms. The van der Waals surface area contributed by atoms with Crippen molar-refractivity contribution in [1.82, 2.24) is 20.2 Å². The van der Waals surface area contributed by atoms with Gasteiger partial charge in [-0.1, -0.05) is 0 Å². The number of hydrogen-bond acceptors (Lipinski definition) is 5. The van der Waals surface area contributed by atoms with E-state index >= 15 is 0 Å². The average Bonchev–Trinajstić information content (AvgIpc) is 2.94. The Balaban J connectivity index is 1.87. The highest BCUT2D eigenvalue weighted by molar-refractivity contribution is 5.85. The van der Waals surface area contributed by atoms with Crippen molar-refractivity contribution in [1.29, 1.82) is 0 Å². The summed E-state index contributed by atoms with van der Waals surface area (Å²) in [5.74, 6) is 3.24. The van der Waals surface area contributed by atoms with E-state index in [4.69, 9.17) is 4.42 Å². The number of furan rings is 1. The van der Waals surface area contributed by atoms with Gasteiger partial charge in [-0.2, -0.15) is 5.10 Å². The van der Waals surface area contributed by atoms with Gasteiger partial charge in [0.05, 0.1) is 18.1 Å². The molecule has 0 spiro atoms. The predicted octanol–water partition coefficient (Wildman–Crippen LogP) is 2.17. The van der Waals surface area contributed by atoms with Crippen molar-refractivity contribution in [2.75, 3.05) is 5.32 Å². The van der Waals surface area contributed by atoms with Crippen molar-refractivity contribution in [3.8, 4) is 0 Å². The molecule has 0 saturated heterocycles. The third kappa shape index (κ3) is 1.92. The molecule has 3 aromatic rings. The molecular formula is C12H13N5O. The Morgan fingerprint density at radius 1 is 1.28 bits per heavy atom. The Bertz CT molecular complexity index is 685. The van der Waals surface area contributed by atoms with Gasteiger partial charge in [0.1, 0.15) is 23.2 Å². The molecule has 92 valence electrons. The van der Waals surface area contributed by atoms with Crippen LogP contribution in [0.2, 0.25) is 0 Å². The molecule has 3 aromatic heterocycles. The smallest absolute Gasteiger partial charge is 0.161 e. The van der Waals surface area contributed by atoms with Crippen molar-refractivity contribution < 1.29 is 4.42 Å². The van der Waals surface area contributed by atoms with Crippen molar-refractivity contribution in [3.05, 3.63) is 35.7 Å². The first-order valence-corrected chi connectivity index (χ1v) is 5.69. The van der Waals surface area contributed by atoms with Crippen molar-refractivity contribution in [2.24, 2.45) is 0 Å². The van der Waals surface area contributed by atoms with E-state index < -0.39 is 0 Å². The van der Waals surface area contributed by atoms with Crippen LogP contribution in [0.4, 0.5) is 5.82 Å². The number of anilines is 1. The standard InChI is InChI=1S/C12H13N5O/c1-7-3-4-9(18-7)5-13-11-10-6-14-17-12(10)16-8(2)15-11/h3-4,6H,5H2,1-2H3,(H2,13,14,15,16,17). The molecule has 0 saturated carbocycles. The van der Waals surface area contributed by atoms with Crippen LogP contribution in [0.1, 0.15) is 17.3 Å². The molecule has 0 radical (unpaired) electrons. The lowest BCUT2D eigenvalue weighted by Gasteiger charge is -2.05. The second-order valence-corrected chi connectivity index (χ2v) is 4.12. The number of hydrogen-bond donors (Lipinski definition) is 2. The highest BCUT2D eigenvalue weighted by Gasteiger charge is 2.07. The summed E-state index contributed by atoms with van der Waals surface area (Å²) in [6, 6.07) is 3.89. The molecule has 0 aliphatic heterocycles. The average molecular weight is 243 g/mol. The summed E-state index contributed by atoms with van der Waals surface area (Å²) in [6.07, 6.45) is 1.71. The molecule has 0 aliphatic rings. The number of rotatable bonds is 3. The molecule has 0 aromatic carbocycles. The highest BCUT2D eigenvalue weighted by Crippen LogP contribution is 2.18. The zero-order valence-corrected chi connectivity index (χ0v) is 10.2. The fraction of sp³-hybridized carbons (Fsp3) is 0.250. The summed E-state index contributed by atoms with van der Waals surface area (Å²) in [4.78, 5) is 8.63. The molecule has 2 N–H and O–H groups in total. The van der Waals surface area contributed by atoms with E-state index in [2.05, 4.69) is 25.5 Å². The van der Waals surface area contributed by atoms with Gasteiger partial charge in [0, 0.05) is 0 Å². The van der Waals surface area contributed by atoms with E-state index in [1.54, 1.807) is 6.20 Å². The zero-order chi connectivity index (χ0) is 12.5. The maximum Gasteiger partial charge on any atom is 0.161 e. The molecule has 0 unspecified atom stereocenters. The lowest BCUT2D eigenvalue weighted by Crippen LogP contribution is -2.03. The first-order chi connectivity index (χ1) is 8.72. The van der Waals surface area contributed by atoms with Crippen LogP contribution in [0.15, 0.2) is 22.7 Å². The number of nitrogens with one attached hydrogen (secondary N) is 2. The van der Waals surface area contributed by atoms with Gasteiger partial charge in [0.2, 0.25) is 0 Å². The number of fused-ring (bicyclic) bond motifs is 1. The third-order valence-electron chi connectivity index (χ3n) is 2.65. The van der Waals surface area contributed by atoms with Crippen LogP contribution in [0.5, 0.6) is 0 Å². The van der Waals surface area contributed by atoms with Crippen LogP contribution in [0, 0.1) is 13.8 Å². The quantitative estimate of drug-likeness (QED) is 0.737. The molecule has 0 amide bonds. The number of aryl methyl sites for hydroxylation is 2. The maximum absolute atomic E-state index is 5.50. The van der Waals surface area contributed by atoms with E-state index in [0.717, 1.165) is 28.4 Å². The molecule has 3 rings (SSSR count). The molecule has 0 fully saturated rings. The Morgan fingerprint density at radius 3 is 2.94 bits per heavy atom. The first-order valence-electron chi connectivity index (χ1n) is 5.69. The van der Waals surface area contributed by atoms with Gasteiger partial charge in [-0.15, -0.1) is 0 Å². The third-order valence-corrected chi connectivity index (χ3v) is 2.65. The maximum atomic E-state index is 5.50. The summed E-state index contributed by atoms with van der Waals surface area (Å²) in [6.45, 7) is 4.36. The topological polar surface area (TPSA) is 79.6 Å². The minimum atomic E-state index is 0.588. The van der Waals surface area contributed by atoms with Gasteiger partial charge in [0.15, 0.2) is 5.65 Å². The summed E-state index contributed by atoms with van der Waals surface area (Å²) in [5, 5.41) is 10.9. The SMILES string of the molecule is Cc1nc(NCc2ccc(C)o2)c2cn[nH]c2n1. The molecule has 6 nitrogen and oxygen atoms in total. The van der Waals surface area contributed by atoms with E-state index in [1.165, 1.54) is 0 Å². The van der Waals surface area contributed by atoms with Gasteiger partial charge < -0.3 is 9.73 Å². The minimum Gasteiger partial charge on any atom is -0.465 e. The van der Waals surface area contributed by atoms with Crippen LogP contribution >= 0.6 is 0 Å². The van der Waals surface area contributed by atoms with E-state index in [9.17, 15) is 0 Å². The Morgan fingerprint density at radius 2 is 2.17 bits per heavy atom. The number of H-pyrrole nitrogens is 1. The van der Waals surface area contributed by atoms with Gasteiger partial charge >= 0.3 is 0 Å². The second kappa shape index (κ2) is 4.14. The van der Waals surface area contributed by atoms with Crippen molar-refractivity contribution >= 4 is 16.9 Å².